The predicted octanol–water partition coefficient (Wildman–Crippen LogP) is 14.0. The Hall–Kier alpha value is -5.85. The van der Waals surface area contributed by atoms with Crippen LogP contribution in [-0.2, 0) is 99.4 Å². The second-order valence-electron chi connectivity index (χ2n) is 17.7. The van der Waals surface area contributed by atoms with Crippen molar-refractivity contribution in [2.24, 2.45) is 0 Å². The second kappa shape index (κ2) is 31.2. The SMILES string of the molecule is CCc1c(C)nn(-c2[c-]ccc(C)c2)c1C.COc1nn(-c2[c-]cccc2)c(OC)c1C(F)(F)F.Cc1c(Cc2ccccc2)nn(-c2[c-]cccc2)c1C.Cc1nn(-c2[c-]ccc(-c3ccccc3)c2)c(C)c1C.[Ir].[Ir].[Ir].[Ir]. The summed E-state index contributed by atoms with van der Waals surface area (Å²) in [6.07, 6.45) is -2.72. The van der Waals surface area contributed by atoms with Crippen molar-refractivity contribution in [3.8, 4) is 45.6 Å². The van der Waals surface area contributed by atoms with E-state index < -0.39 is 23.5 Å². The third-order valence-corrected chi connectivity index (χ3v) is 12.8. The van der Waals surface area contributed by atoms with E-state index in [0.29, 0.717) is 5.69 Å². The van der Waals surface area contributed by atoms with E-state index in [-0.39, 0.29) is 80.4 Å². The van der Waals surface area contributed by atoms with Crippen LogP contribution in [0.5, 0.6) is 11.8 Å². The van der Waals surface area contributed by atoms with Gasteiger partial charge in [-0.3, -0.25) is 14.0 Å². The van der Waals surface area contributed by atoms with Crippen LogP contribution >= 0.6 is 0 Å². The molecule has 0 N–H and O–H groups in total. The van der Waals surface area contributed by atoms with E-state index in [4.69, 9.17) is 9.84 Å². The van der Waals surface area contributed by atoms with Gasteiger partial charge in [-0.15, -0.1) is 34.9 Å². The summed E-state index contributed by atoms with van der Waals surface area (Å²) in [5, 5.41) is 17.7. The minimum absolute atomic E-state index is 0. The van der Waals surface area contributed by atoms with Crippen molar-refractivity contribution >= 4 is 0 Å². The zero-order valence-electron chi connectivity index (χ0n) is 45.6. The molecule has 0 aliphatic carbocycles. The molecule has 0 fully saturated rings. The number of hydrogen-bond acceptors (Lipinski definition) is 6. The van der Waals surface area contributed by atoms with Gasteiger partial charge in [0.15, 0.2) is 5.56 Å². The monoisotopic (exact) mass is 1780 g/mol. The van der Waals surface area contributed by atoms with Crippen molar-refractivity contribution in [1.82, 2.24) is 39.1 Å². The van der Waals surface area contributed by atoms with Crippen LogP contribution in [-0.4, -0.2) is 53.3 Å². The Kier molecular flexibility index (Phi) is 26.6. The van der Waals surface area contributed by atoms with Gasteiger partial charge < -0.3 is 9.47 Å². The first kappa shape index (κ1) is 67.4. The van der Waals surface area contributed by atoms with Crippen molar-refractivity contribution in [3.63, 3.8) is 0 Å². The summed E-state index contributed by atoms with van der Waals surface area (Å²) in [6, 6.07) is 60.1. The molecule has 0 aliphatic rings. The number of benzene rings is 6. The Morgan fingerprint density at radius 1 is 0.481 bits per heavy atom. The Morgan fingerprint density at radius 3 is 1.49 bits per heavy atom. The maximum atomic E-state index is 13.0. The molecule has 6 aromatic carbocycles. The molecule has 10 aromatic rings. The molecule has 0 saturated carbocycles. The molecule has 4 heterocycles. The van der Waals surface area contributed by atoms with E-state index >= 15 is 0 Å². The number of halogens is 3. The van der Waals surface area contributed by atoms with E-state index in [2.05, 4.69) is 172 Å². The number of para-hydroxylation sites is 2. The van der Waals surface area contributed by atoms with Crippen LogP contribution in [0.2, 0.25) is 0 Å². The summed E-state index contributed by atoms with van der Waals surface area (Å²) in [5.74, 6) is -0.978. The van der Waals surface area contributed by atoms with Crippen LogP contribution in [0.15, 0.2) is 146 Å². The molecular formula is C62H61F3Ir4N8O2-4. The molecule has 10 rings (SSSR count). The van der Waals surface area contributed by atoms with Crippen LogP contribution < -0.4 is 9.47 Å². The van der Waals surface area contributed by atoms with Crippen LogP contribution in [0, 0.1) is 79.7 Å². The number of ether oxygens (including phenoxy) is 2. The Labute approximate surface area is 516 Å². The molecule has 0 saturated heterocycles. The first-order chi connectivity index (χ1) is 36.0. The third-order valence-electron chi connectivity index (χ3n) is 12.8. The normalized spacial score (nSPS) is 10.4. The molecule has 10 nitrogen and oxygen atoms in total. The van der Waals surface area contributed by atoms with E-state index in [9.17, 15) is 13.2 Å². The maximum Gasteiger partial charge on any atom is 0.426 e. The van der Waals surface area contributed by atoms with E-state index in [1.807, 2.05) is 69.5 Å². The van der Waals surface area contributed by atoms with Gasteiger partial charge in [-0.2, -0.15) is 119 Å². The minimum atomic E-state index is -4.62. The van der Waals surface area contributed by atoms with Crippen molar-refractivity contribution in [1.29, 1.82) is 0 Å². The number of hydrogen-bond donors (Lipinski definition) is 0. The van der Waals surface area contributed by atoms with Gasteiger partial charge in [0.2, 0.25) is 11.8 Å². The number of alkyl halides is 3. The average Bonchev–Trinajstić information content (AvgIpc) is 4.17. The first-order valence-corrected chi connectivity index (χ1v) is 24.5. The fourth-order valence-electron chi connectivity index (χ4n) is 8.43. The minimum Gasteiger partial charge on any atom is -0.480 e. The molecule has 0 bridgehead atoms. The van der Waals surface area contributed by atoms with Crippen molar-refractivity contribution in [2.45, 2.75) is 81.3 Å². The van der Waals surface area contributed by atoms with Gasteiger partial charge in [-0.25, -0.2) is 4.68 Å². The number of aromatic nitrogens is 8. The third kappa shape index (κ3) is 16.6. The molecular weight excluding hydrogens is 1710 g/mol. The van der Waals surface area contributed by atoms with Crippen LogP contribution in [0.3, 0.4) is 0 Å². The molecule has 422 valence electrons. The largest absolute Gasteiger partial charge is 0.480 e. The summed E-state index contributed by atoms with van der Waals surface area (Å²) >= 11 is 0. The summed E-state index contributed by atoms with van der Waals surface area (Å²) in [6.45, 7) is 18.9. The average molecular weight is 1780 g/mol. The van der Waals surface area contributed by atoms with Crippen molar-refractivity contribution in [3.05, 3.63) is 237 Å². The van der Waals surface area contributed by atoms with Gasteiger partial charge in [0.1, 0.15) is 0 Å². The number of aryl methyl sites for hydroxylation is 3. The Bertz CT molecular complexity index is 3450. The van der Waals surface area contributed by atoms with E-state index in [1.165, 1.54) is 56.0 Å². The number of rotatable bonds is 10. The van der Waals surface area contributed by atoms with Gasteiger partial charge in [-0.1, -0.05) is 74.5 Å². The topological polar surface area (TPSA) is 89.7 Å². The zero-order valence-corrected chi connectivity index (χ0v) is 55.2. The predicted molar refractivity (Wildman–Crippen MR) is 290 cm³/mol. The van der Waals surface area contributed by atoms with Crippen LogP contribution in [0.1, 0.15) is 74.5 Å². The summed E-state index contributed by atoms with van der Waals surface area (Å²) < 4.78 is 55.4. The molecule has 0 unspecified atom stereocenters. The van der Waals surface area contributed by atoms with Gasteiger partial charge in [0.05, 0.1) is 31.3 Å². The summed E-state index contributed by atoms with van der Waals surface area (Å²) in [7, 11) is 2.27. The molecule has 0 aliphatic heterocycles. The van der Waals surface area contributed by atoms with Gasteiger partial charge in [0.25, 0.3) is 0 Å². The van der Waals surface area contributed by atoms with Crippen molar-refractivity contribution in [2.75, 3.05) is 14.2 Å². The molecule has 0 spiro atoms. The van der Waals surface area contributed by atoms with Gasteiger partial charge in [-0.05, 0) is 105 Å². The molecule has 0 atom stereocenters. The molecule has 79 heavy (non-hydrogen) atoms. The summed E-state index contributed by atoms with van der Waals surface area (Å²) in [4.78, 5) is 0. The van der Waals surface area contributed by atoms with Gasteiger partial charge >= 0.3 is 6.18 Å². The zero-order chi connectivity index (χ0) is 53.8. The first-order valence-electron chi connectivity index (χ1n) is 24.5. The fraction of sp³-hybridized carbons (Fsp3) is 0.226. The molecule has 17 heteroatoms. The summed E-state index contributed by atoms with van der Waals surface area (Å²) in [5.41, 5.74) is 17.9. The van der Waals surface area contributed by atoms with Crippen LogP contribution in [0.4, 0.5) is 13.2 Å². The smallest absolute Gasteiger partial charge is 0.426 e. The standard InChI is InChI=1S/2C18H17N2.C14H17N2.C12H10F3N2O2.4Ir/c1-13-14(2)19-20(15(13)3)18-11-7-10-17(12-18)16-8-5-4-6-9-16;1-14-15(2)20(17-11-7-4-8-12-17)19-18(14)13-16-9-5-3-6-10-16;1-5-14-11(3)15-16(12(14)4)13-8-6-7-10(2)9-13;1-18-10-9(12(13,14)15)11(19-2)17(16-10)8-6-4-3-5-7-8;;;;/h4-10,12H,1-3H3;3-11H,13H2,1-2H3;6-7,9H,5H2,1-4H3;3-6H,1-2H3;;;;/q4*-1;;;;. The maximum absolute atomic E-state index is 13.0. The number of methoxy groups -OCH3 is 2. The Morgan fingerprint density at radius 2 is 0.987 bits per heavy atom. The molecule has 4 radical (unpaired) electrons. The van der Waals surface area contributed by atoms with Crippen LogP contribution in [0.25, 0.3) is 33.9 Å². The van der Waals surface area contributed by atoms with Crippen molar-refractivity contribution < 1.29 is 103 Å². The van der Waals surface area contributed by atoms with Gasteiger partial charge in [0, 0.05) is 104 Å². The van der Waals surface area contributed by atoms with E-state index in [0.717, 1.165) is 65.9 Å². The number of nitrogens with zero attached hydrogens (tertiary/aromatic N) is 8. The molecule has 4 aromatic heterocycles. The second-order valence-corrected chi connectivity index (χ2v) is 17.7. The van der Waals surface area contributed by atoms with E-state index in [1.54, 1.807) is 24.3 Å². The molecule has 0 amide bonds. The quantitative estimate of drug-likeness (QED) is 0.127. The fourth-order valence-corrected chi connectivity index (χ4v) is 8.43. The Balaban J connectivity index is 0.000000273.